The van der Waals surface area contributed by atoms with Crippen molar-refractivity contribution in [1.82, 2.24) is 24.3 Å². The van der Waals surface area contributed by atoms with E-state index in [1.54, 1.807) is 15.2 Å². The normalized spacial score (nSPS) is 19.1. The van der Waals surface area contributed by atoms with Crippen molar-refractivity contribution in [2.45, 2.75) is 37.9 Å². The molecule has 4 heterocycles. The molecule has 0 saturated carbocycles. The number of piperidine rings is 1. The fraction of sp³-hybridized carbons (Fsp3) is 0.435. The molecular formula is C23H25Cl2N5O2. The van der Waals surface area contributed by atoms with Gasteiger partial charge in [-0.3, -0.25) is 18.7 Å². The summed E-state index contributed by atoms with van der Waals surface area (Å²) in [4.78, 5) is 31.4. The van der Waals surface area contributed by atoms with E-state index in [4.69, 9.17) is 23.2 Å². The van der Waals surface area contributed by atoms with Crippen molar-refractivity contribution in [2.75, 3.05) is 26.2 Å². The first-order valence-corrected chi connectivity index (χ1v) is 11.8. The Hall–Kier alpha value is -2.19. The minimum absolute atomic E-state index is 0.0396. The molecule has 0 aliphatic carbocycles. The van der Waals surface area contributed by atoms with Gasteiger partial charge >= 0.3 is 0 Å². The summed E-state index contributed by atoms with van der Waals surface area (Å²) in [5.41, 5.74) is 2.30. The van der Waals surface area contributed by atoms with Crippen LogP contribution in [0.1, 0.15) is 24.4 Å². The molecule has 0 spiro atoms. The topological polar surface area (TPSA) is 72.2 Å². The fourth-order valence-electron chi connectivity index (χ4n) is 4.90. The highest BCUT2D eigenvalue weighted by atomic mass is 35.5. The molecule has 2 aliphatic rings. The van der Waals surface area contributed by atoms with Gasteiger partial charge in [0, 0.05) is 25.2 Å². The average molecular weight is 474 g/mol. The van der Waals surface area contributed by atoms with Gasteiger partial charge in [0.25, 0.3) is 11.1 Å². The summed E-state index contributed by atoms with van der Waals surface area (Å²) in [6.07, 6.45) is 4.38. The van der Waals surface area contributed by atoms with Gasteiger partial charge in [-0.25, -0.2) is 4.98 Å². The molecule has 0 radical (unpaired) electrons. The number of hydrogen-bond acceptors (Lipinski definition) is 5. The molecule has 2 aliphatic heterocycles. The molecule has 1 N–H and O–H groups in total. The lowest BCUT2D eigenvalue weighted by Gasteiger charge is -2.34. The number of nitrogens with one attached hydrogen (secondary N) is 1. The predicted molar refractivity (Wildman–Crippen MR) is 127 cm³/mol. The Kier molecular flexibility index (Phi) is 6.07. The lowest BCUT2D eigenvalue weighted by Crippen LogP contribution is -2.45. The summed E-state index contributed by atoms with van der Waals surface area (Å²) < 4.78 is 3.44. The van der Waals surface area contributed by atoms with Gasteiger partial charge in [-0.2, -0.15) is 0 Å². The van der Waals surface area contributed by atoms with Crippen molar-refractivity contribution in [1.29, 1.82) is 0 Å². The van der Waals surface area contributed by atoms with Crippen molar-refractivity contribution in [3.05, 3.63) is 72.8 Å². The van der Waals surface area contributed by atoms with Crippen LogP contribution in [0, 0.1) is 0 Å². The number of hydrogen-bond donors (Lipinski definition) is 1. The quantitative estimate of drug-likeness (QED) is 0.595. The highest BCUT2D eigenvalue weighted by molar-refractivity contribution is 6.42. The van der Waals surface area contributed by atoms with Crippen molar-refractivity contribution < 1.29 is 0 Å². The molecule has 32 heavy (non-hydrogen) atoms. The number of halogens is 2. The van der Waals surface area contributed by atoms with E-state index in [-0.39, 0.29) is 17.2 Å². The number of likely N-dealkylation sites (tertiary alicyclic amines) is 1. The van der Waals surface area contributed by atoms with Crippen LogP contribution in [0.2, 0.25) is 10.0 Å². The van der Waals surface area contributed by atoms with E-state index < -0.39 is 0 Å². The number of rotatable bonds is 6. The molecule has 3 aromatic rings. The van der Waals surface area contributed by atoms with Crippen LogP contribution in [-0.4, -0.2) is 51.2 Å². The Labute approximate surface area is 195 Å². The van der Waals surface area contributed by atoms with Gasteiger partial charge in [-0.1, -0.05) is 29.3 Å². The summed E-state index contributed by atoms with van der Waals surface area (Å²) in [6, 6.07) is 9.45. The van der Waals surface area contributed by atoms with Crippen molar-refractivity contribution >= 4 is 34.4 Å². The molecule has 7 nitrogen and oxygen atoms in total. The van der Waals surface area contributed by atoms with E-state index in [1.807, 2.05) is 18.2 Å². The smallest absolute Gasteiger partial charge is 0.270 e. The van der Waals surface area contributed by atoms with E-state index in [2.05, 4.69) is 15.2 Å². The molecule has 9 heteroatoms. The van der Waals surface area contributed by atoms with Gasteiger partial charge in [0.05, 0.1) is 22.3 Å². The second kappa shape index (κ2) is 8.98. The van der Waals surface area contributed by atoms with E-state index in [0.29, 0.717) is 33.8 Å². The lowest BCUT2D eigenvalue weighted by atomic mass is 10.0. The molecule has 1 unspecified atom stereocenters. The first kappa shape index (κ1) is 21.6. The maximum atomic E-state index is 12.5. The molecule has 0 bridgehead atoms. The molecule has 1 atom stereocenters. The zero-order valence-electron chi connectivity index (χ0n) is 17.6. The Bertz CT molecular complexity index is 1260. The van der Waals surface area contributed by atoms with Crippen molar-refractivity contribution in [3.63, 3.8) is 0 Å². The molecule has 1 aromatic carbocycles. The van der Waals surface area contributed by atoms with Gasteiger partial charge in [0.15, 0.2) is 0 Å². The standard InChI is InChI=1S/C23H25Cl2N5O2/c24-18-2-1-15(11-19(18)25)5-8-26-16-6-9-28(10-7-16)13-17-14-29-21(31)4-3-20-23(29)30(17)22(32)12-27-20/h1-4,11-12,16-17,26H,5-10,13-14H2. The SMILES string of the molecule is O=c1ccc2ncc(=O)n3c2n1CC3CN1CCC(NCCc2ccc(Cl)c(Cl)c2)CC1. The van der Waals surface area contributed by atoms with Crippen LogP contribution in [0.4, 0.5) is 0 Å². The number of benzene rings is 1. The summed E-state index contributed by atoms with van der Waals surface area (Å²) in [7, 11) is 0. The second-order valence-electron chi connectivity index (χ2n) is 8.64. The van der Waals surface area contributed by atoms with Crippen LogP contribution in [-0.2, 0) is 13.0 Å². The van der Waals surface area contributed by atoms with Crippen LogP contribution < -0.4 is 16.4 Å². The summed E-state index contributed by atoms with van der Waals surface area (Å²) in [5.74, 6) is 0. The van der Waals surface area contributed by atoms with Gasteiger partial charge in [0.2, 0.25) is 0 Å². The maximum Gasteiger partial charge on any atom is 0.270 e. The molecule has 0 amide bonds. The highest BCUT2D eigenvalue weighted by Gasteiger charge is 2.29. The van der Waals surface area contributed by atoms with Crippen LogP contribution in [0.25, 0.3) is 11.2 Å². The molecule has 1 fully saturated rings. The summed E-state index contributed by atoms with van der Waals surface area (Å²) in [6.45, 7) is 4.12. The van der Waals surface area contributed by atoms with E-state index in [9.17, 15) is 9.59 Å². The van der Waals surface area contributed by atoms with Crippen LogP contribution >= 0.6 is 23.2 Å². The van der Waals surface area contributed by atoms with Crippen molar-refractivity contribution in [3.8, 4) is 0 Å². The molecule has 1 saturated heterocycles. The van der Waals surface area contributed by atoms with Crippen molar-refractivity contribution in [2.24, 2.45) is 0 Å². The van der Waals surface area contributed by atoms with Gasteiger partial charge in [-0.15, -0.1) is 0 Å². The third kappa shape index (κ3) is 4.22. The Morgan fingerprint density at radius 2 is 1.84 bits per heavy atom. The Morgan fingerprint density at radius 3 is 2.62 bits per heavy atom. The maximum absolute atomic E-state index is 12.5. The first-order valence-electron chi connectivity index (χ1n) is 11.0. The van der Waals surface area contributed by atoms with Gasteiger partial charge in [0.1, 0.15) is 11.2 Å². The third-order valence-corrected chi connectivity index (χ3v) is 7.30. The predicted octanol–water partition coefficient (Wildman–Crippen LogP) is 2.72. The van der Waals surface area contributed by atoms with Crippen LogP contribution in [0.5, 0.6) is 0 Å². The van der Waals surface area contributed by atoms with E-state index in [0.717, 1.165) is 45.4 Å². The Balaban J connectivity index is 1.16. The zero-order chi connectivity index (χ0) is 22.2. The second-order valence-corrected chi connectivity index (χ2v) is 9.45. The van der Waals surface area contributed by atoms with E-state index >= 15 is 0 Å². The monoisotopic (exact) mass is 473 g/mol. The molecular weight excluding hydrogens is 449 g/mol. The first-order chi connectivity index (χ1) is 15.5. The number of pyridine rings is 1. The highest BCUT2D eigenvalue weighted by Crippen LogP contribution is 2.25. The third-order valence-electron chi connectivity index (χ3n) is 6.56. The molecule has 2 aromatic heterocycles. The lowest BCUT2D eigenvalue weighted by molar-refractivity contribution is 0.172. The minimum atomic E-state index is -0.141. The summed E-state index contributed by atoms with van der Waals surface area (Å²) >= 11 is 12.1. The van der Waals surface area contributed by atoms with E-state index in [1.165, 1.54) is 17.8 Å². The van der Waals surface area contributed by atoms with Gasteiger partial charge in [-0.05, 0) is 62.7 Å². The summed E-state index contributed by atoms with van der Waals surface area (Å²) in [5, 5.41) is 4.83. The largest absolute Gasteiger partial charge is 0.314 e. The van der Waals surface area contributed by atoms with Gasteiger partial charge < -0.3 is 10.2 Å². The van der Waals surface area contributed by atoms with Crippen LogP contribution in [0.15, 0.2) is 46.1 Å². The number of nitrogens with zero attached hydrogens (tertiary/aromatic N) is 4. The minimum Gasteiger partial charge on any atom is -0.314 e. The number of aromatic nitrogens is 3. The average Bonchev–Trinajstić information content (AvgIpc) is 3.17. The van der Waals surface area contributed by atoms with Crippen LogP contribution in [0.3, 0.4) is 0 Å². The fourth-order valence-corrected chi connectivity index (χ4v) is 5.22. The zero-order valence-corrected chi connectivity index (χ0v) is 19.1. The Morgan fingerprint density at radius 1 is 1.03 bits per heavy atom. The molecule has 5 rings (SSSR count). The molecule has 168 valence electrons.